The molecule has 3 heterocycles. The van der Waals surface area contributed by atoms with E-state index in [2.05, 4.69) is 30.6 Å². The molecule has 6 heteroatoms. The molecular formula is C12H14N6. The highest BCUT2D eigenvalue weighted by Gasteiger charge is 2.18. The fourth-order valence-corrected chi connectivity index (χ4v) is 2.06. The molecule has 18 heavy (non-hydrogen) atoms. The van der Waals surface area contributed by atoms with Crippen molar-refractivity contribution in [3.63, 3.8) is 0 Å². The molecule has 1 saturated heterocycles. The Hall–Kier alpha value is -2.08. The summed E-state index contributed by atoms with van der Waals surface area (Å²) in [5.41, 5.74) is 1.87. The van der Waals surface area contributed by atoms with Crippen LogP contribution in [0.2, 0.25) is 0 Å². The highest BCUT2D eigenvalue weighted by Crippen LogP contribution is 2.21. The van der Waals surface area contributed by atoms with Crippen LogP contribution < -0.4 is 10.6 Å². The molecule has 0 bridgehead atoms. The van der Waals surface area contributed by atoms with Crippen molar-refractivity contribution in [2.75, 3.05) is 18.4 Å². The molecule has 6 nitrogen and oxygen atoms in total. The van der Waals surface area contributed by atoms with Crippen LogP contribution in [0, 0.1) is 0 Å². The number of rotatable bonds is 3. The smallest absolute Gasteiger partial charge is 0.227 e. The fraction of sp³-hybridized carbons (Fsp3) is 0.333. The summed E-state index contributed by atoms with van der Waals surface area (Å²) in [5, 5.41) is 6.44. The van der Waals surface area contributed by atoms with Crippen molar-refractivity contribution in [2.45, 2.75) is 12.3 Å². The van der Waals surface area contributed by atoms with E-state index in [4.69, 9.17) is 0 Å². The third-order valence-corrected chi connectivity index (χ3v) is 2.97. The molecule has 0 radical (unpaired) electrons. The van der Waals surface area contributed by atoms with Crippen LogP contribution in [0.3, 0.4) is 0 Å². The van der Waals surface area contributed by atoms with E-state index in [1.807, 2.05) is 6.07 Å². The molecule has 0 saturated carbocycles. The number of nitrogens with zero attached hydrogens (tertiary/aromatic N) is 4. The van der Waals surface area contributed by atoms with Gasteiger partial charge in [-0.1, -0.05) is 0 Å². The summed E-state index contributed by atoms with van der Waals surface area (Å²) in [6.07, 6.45) is 7.80. The number of nitrogens with one attached hydrogen (secondary N) is 2. The third-order valence-electron chi connectivity index (χ3n) is 2.97. The zero-order chi connectivity index (χ0) is 12.2. The van der Waals surface area contributed by atoms with Gasteiger partial charge in [0.05, 0.1) is 23.8 Å². The van der Waals surface area contributed by atoms with E-state index in [-0.39, 0.29) is 0 Å². The fourth-order valence-electron chi connectivity index (χ4n) is 2.06. The van der Waals surface area contributed by atoms with Crippen molar-refractivity contribution in [1.82, 2.24) is 25.3 Å². The molecule has 1 atom stereocenters. The number of anilines is 2. The first-order valence-electron chi connectivity index (χ1n) is 5.97. The number of hydrogen-bond acceptors (Lipinski definition) is 6. The van der Waals surface area contributed by atoms with Crippen molar-refractivity contribution in [3.05, 3.63) is 36.7 Å². The molecule has 0 aliphatic carbocycles. The zero-order valence-electron chi connectivity index (χ0n) is 9.87. The molecule has 2 aromatic heterocycles. The van der Waals surface area contributed by atoms with Gasteiger partial charge in [0, 0.05) is 18.7 Å². The van der Waals surface area contributed by atoms with Gasteiger partial charge in [-0.2, -0.15) is 0 Å². The molecule has 1 unspecified atom stereocenters. The average molecular weight is 242 g/mol. The van der Waals surface area contributed by atoms with Crippen LogP contribution in [0.25, 0.3) is 0 Å². The van der Waals surface area contributed by atoms with Crippen LogP contribution in [0.4, 0.5) is 11.6 Å². The Morgan fingerprint density at radius 1 is 1.28 bits per heavy atom. The molecular weight excluding hydrogens is 228 g/mol. The molecule has 2 N–H and O–H groups in total. The molecule has 0 spiro atoms. The predicted octanol–water partition coefficient (Wildman–Crippen LogP) is 1.09. The Morgan fingerprint density at radius 3 is 2.94 bits per heavy atom. The Bertz CT molecular complexity index is 509. The topological polar surface area (TPSA) is 75.6 Å². The van der Waals surface area contributed by atoms with Gasteiger partial charge in [-0.25, -0.2) is 19.9 Å². The van der Waals surface area contributed by atoms with E-state index in [9.17, 15) is 0 Å². The number of aromatic nitrogens is 4. The van der Waals surface area contributed by atoms with Gasteiger partial charge in [0.25, 0.3) is 0 Å². The first-order chi connectivity index (χ1) is 8.92. The maximum atomic E-state index is 4.53. The second-order valence-electron chi connectivity index (χ2n) is 4.25. The molecule has 92 valence electrons. The van der Waals surface area contributed by atoms with Gasteiger partial charge < -0.3 is 10.6 Å². The van der Waals surface area contributed by atoms with Gasteiger partial charge in [-0.3, -0.25) is 0 Å². The van der Waals surface area contributed by atoms with Crippen molar-refractivity contribution in [1.29, 1.82) is 0 Å². The lowest BCUT2D eigenvalue weighted by Gasteiger charge is -2.09. The van der Waals surface area contributed by atoms with E-state index in [1.165, 1.54) is 6.33 Å². The summed E-state index contributed by atoms with van der Waals surface area (Å²) in [5.74, 6) is 1.08. The van der Waals surface area contributed by atoms with Gasteiger partial charge in [0.15, 0.2) is 0 Å². The van der Waals surface area contributed by atoms with Gasteiger partial charge in [0.2, 0.25) is 5.95 Å². The highest BCUT2D eigenvalue weighted by atomic mass is 15.1. The minimum atomic E-state index is 0.487. The lowest BCUT2D eigenvalue weighted by atomic mass is 10.1. The Balaban J connectivity index is 1.78. The van der Waals surface area contributed by atoms with Gasteiger partial charge in [-0.05, 0) is 19.0 Å². The Kier molecular flexibility index (Phi) is 3.10. The Morgan fingerprint density at radius 2 is 2.17 bits per heavy atom. The van der Waals surface area contributed by atoms with E-state index in [1.54, 1.807) is 18.6 Å². The van der Waals surface area contributed by atoms with Gasteiger partial charge >= 0.3 is 0 Å². The maximum Gasteiger partial charge on any atom is 0.227 e. The van der Waals surface area contributed by atoms with Crippen LogP contribution in [0.1, 0.15) is 18.0 Å². The second-order valence-corrected chi connectivity index (χ2v) is 4.25. The van der Waals surface area contributed by atoms with Crippen molar-refractivity contribution in [2.24, 2.45) is 0 Å². The molecule has 1 aliphatic heterocycles. The van der Waals surface area contributed by atoms with Crippen molar-refractivity contribution < 1.29 is 0 Å². The first-order valence-corrected chi connectivity index (χ1v) is 5.97. The standard InChI is InChI=1S/C12H14N6/c1-3-13-5-9(1)11-2-4-16-12(18-11)17-10-6-14-8-15-7-10/h2,4,6-9,13H,1,3,5H2,(H,16,17,18). The summed E-state index contributed by atoms with van der Waals surface area (Å²) >= 11 is 0. The van der Waals surface area contributed by atoms with Crippen LogP contribution in [-0.2, 0) is 0 Å². The molecule has 1 aliphatic rings. The summed E-state index contributed by atoms with van der Waals surface area (Å²) < 4.78 is 0. The van der Waals surface area contributed by atoms with Crippen LogP contribution in [0.15, 0.2) is 31.0 Å². The van der Waals surface area contributed by atoms with Gasteiger partial charge in [-0.15, -0.1) is 0 Å². The molecule has 1 fully saturated rings. The lowest BCUT2D eigenvalue weighted by molar-refractivity contribution is 0.732. The van der Waals surface area contributed by atoms with Crippen molar-refractivity contribution >= 4 is 11.6 Å². The molecule has 0 aromatic carbocycles. The Labute approximate surface area is 105 Å². The maximum absolute atomic E-state index is 4.53. The molecule has 3 rings (SSSR count). The zero-order valence-corrected chi connectivity index (χ0v) is 9.87. The molecule has 2 aromatic rings. The summed E-state index contributed by atoms with van der Waals surface area (Å²) in [6, 6.07) is 1.98. The minimum Gasteiger partial charge on any atom is -0.322 e. The molecule has 0 amide bonds. The van der Waals surface area contributed by atoms with E-state index < -0.39 is 0 Å². The summed E-state index contributed by atoms with van der Waals surface area (Å²) in [6.45, 7) is 2.05. The van der Waals surface area contributed by atoms with Gasteiger partial charge in [0.1, 0.15) is 6.33 Å². The quantitative estimate of drug-likeness (QED) is 0.839. The van der Waals surface area contributed by atoms with Crippen LogP contribution >= 0.6 is 0 Å². The average Bonchev–Trinajstić information content (AvgIpc) is 2.94. The van der Waals surface area contributed by atoms with Crippen LogP contribution in [0.5, 0.6) is 0 Å². The summed E-state index contributed by atoms with van der Waals surface area (Å²) in [7, 11) is 0. The second kappa shape index (κ2) is 5.05. The van der Waals surface area contributed by atoms with Crippen LogP contribution in [-0.4, -0.2) is 33.0 Å². The minimum absolute atomic E-state index is 0.487. The predicted molar refractivity (Wildman–Crippen MR) is 67.6 cm³/mol. The first kappa shape index (κ1) is 11.0. The van der Waals surface area contributed by atoms with Crippen molar-refractivity contribution in [3.8, 4) is 0 Å². The number of hydrogen-bond donors (Lipinski definition) is 2. The van der Waals surface area contributed by atoms with E-state index >= 15 is 0 Å². The SMILES string of the molecule is c1ncc(Nc2nccc(C3CCNC3)n2)cn1. The summed E-state index contributed by atoms with van der Waals surface area (Å²) in [4.78, 5) is 16.6. The lowest BCUT2D eigenvalue weighted by Crippen LogP contribution is -2.09. The third kappa shape index (κ3) is 2.43. The monoisotopic (exact) mass is 242 g/mol. The highest BCUT2D eigenvalue weighted by molar-refractivity contribution is 5.49. The largest absolute Gasteiger partial charge is 0.322 e. The van der Waals surface area contributed by atoms with E-state index in [0.29, 0.717) is 11.9 Å². The normalized spacial score (nSPS) is 18.8. The van der Waals surface area contributed by atoms with E-state index in [0.717, 1.165) is 30.9 Å².